The Labute approximate surface area is 181 Å². The van der Waals surface area contributed by atoms with Crippen molar-refractivity contribution in [1.82, 2.24) is 15.0 Å². The number of hydrogen-bond acceptors (Lipinski definition) is 6. The number of pyridine rings is 2. The highest BCUT2D eigenvalue weighted by Gasteiger charge is 2.22. The van der Waals surface area contributed by atoms with Crippen molar-refractivity contribution in [3.8, 4) is 11.5 Å². The van der Waals surface area contributed by atoms with E-state index in [4.69, 9.17) is 0 Å². The van der Waals surface area contributed by atoms with Crippen molar-refractivity contribution in [2.75, 3.05) is 0 Å². The summed E-state index contributed by atoms with van der Waals surface area (Å²) in [5.74, 6) is -1.66. The summed E-state index contributed by atoms with van der Waals surface area (Å²) < 4.78 is 1.38. The van der Waals surface area contributed by atoms with Crippen molar-refractivity contribution in [3.63, 3.8) is 0 Å². The minimum absolute atomic E-state index is 0.0268. The molecule has 0 radical (unpaired) electrons. The molecule has 0 spiro atoms. The molecule has 0 saturated carbocycles. The van der Waals surface area contributed by atoms with Gasteiger partial charge >= 0.3 is 0 Å². The molecule has 0 saturated heterocycles. The summed E-state index contributed by atoms with van der Waals surface area (Å²) in [6.45, 7) is 3.48. The Morgan fingerprint density at radius 1 is 1.00 bits per heavy atom. The SMILES string of the molecule is CCn1c(=O)c(C(=O)N/N=C(/C)c2c(O)c3ccccc3[nH]c2=O)c(O)c2ccccc21. The predicted molar refractivity (Wildman–Crippen MR) is 121 cm³/mol. The van der Waals surface area contributed by atoms with E-state index in [2.05, 4.69) is 15.5 Å². The zero-order chi connectivity index (χ0) is 23.0. The van der Waals surface area contributed by atoms with Crippen LogP contribution in [0, 0.1) is 0 Å². The standard InChI is InChI=1S/C23H20N4O5/c1-3-27-16-11-7-5-9-14(16)20(29)18(23(27)32)22(31)26-25-12(2)17-19(28)13-8-4-6-10-15(13)24-21(17)30/h4-11,29H,3H2,1-2H3,(H,26,31)(H2,24,28,30)/b25-12-. The van der Waals surface area contributed by atoms with E-state index in [0.29, 0.717) is 28.4 Å². The first kappa shape index (κ1) is 20.9. The molecule has 0 aliphatic carbocycles. The van der Waals surface area contributed by atoms with Crippen molar-refractivity contribution in [1.29, 1.82) is 0 Å². The molecule has 2 aromatic carbocycles. The van der Waals surface area contributed by atoms with Crippen LogP contribution >= 0.6 is 0 Å². The molecule has 2 aromatic heterocycles. The van der Waals surface area contributed by atoms with Crippen LogP contribution in [-0.2, 0) is 6.54 Å². The molecule has 9 nitrogen and oxygen atoms in total. The highest BCUT2D eigenvalue weighted by Crippen LogP contribution is 2.27. The summed E-state index contributed by atoms with van der Waals surface area (Å²) in [7, 11) is 0. The van der Waals surface area contributed by atoms with Gasteiger partial charge in [0.05, 0.1) is 16.7 Å². The number of carbonyl (C=O) groups excluding carboxylic acids is 1. The number of H-pyrrole nitrogens is 1. The number of amides is 1. The number of hydrazone groups is 1. The van der Waals surface area contributed by atoms with E-state index in [0.717, 1.165) is 0 Å². The number of aromatic nitrogens is 2. The number of nitrogens with one attached hydrogen (secondary N) is 2. The van der Waals surface area contributed by atoms with Gasteiger partial charge in [0, 0.05) is 17.3 Å². The zero-order valence-electron chi connectivity index (χ0n) is 17.3. The highest BCUT2D eigenvalue weighted by molar-refractivity contribution is 6.07. The van der Waals surface area contributed by atoms with Crippen LogP contribution in [0.15, 0.2) is 63.2 Å². The molecule has 4 N–H and O–H groups in total. The van der Waals surface area contributed by atoms with Gasteiger partial charge in [0.25, 0.3) is 17.0 Å². The van der Waals surface area contributed by atoms with Crippen LogP contribution in [0.5, 0.6) is 11.5 Å². The molecule has 0 aliphatic heterocycles. The average molecular weight is 432 g/mol. The fourth-order valence-corrected chi connectivity index (χ4v) is 3.72. The number of fused-ring (bicyclic) bond motifs is 2. The van der Waals surface area contributed by atoms with Crippen LogP contribution in [0.25, 0.3) is 21.8 Å². The number of hydrogen-bond donors (Lipinski definition) is 4. The summed E-state index contributed by atoms with van der Waals surface area (Å²) in [6.07, 6.45) is 0. The molecule has 0 atom stereocenters. The smallest absolute Gasteiger partial charge is 0.280 e. The number of para-hydroxylation sites is 2. The molecule has 4 aromatic rings. The average Bonchev–Trinajstić information content (AvgIpc) is 2.78. The zero-order valence-corrected chi connectivity index (χ0v) is 17.3. The van der Waals surface area contributed by atoms with E-state index in [1.807, 2.05) is 0 Å². The maximum atomic E-state index is 12.8. The van der Waals surface area contributed by atoms with Crippen molar-refractivity contribution < 1.29 is 15.0 Å². The fraction of sp³-hybridized carbons (Fsp3) is 0.130. The van der Waals surface area contributed by atoms with Crippen LogP contribution in [0.1, 0.15) is 29.8 Å². The second-order valence-corrected chi connectivity index (χ2v) is 7.15. The second-order valence-electron chi connectivity index (χ2n) is 7.15. The van der Waals surface area contributed by atoms with E-state index in [-0.39, 0.29) is 17.0 Å². The molecular weight excluding hydrogens is 412 g/mol. The van der Waals surface area contributed by atoms with Gasteiger partial charge in [-0.25, -0.2) is 5.43 Å². The van der Waals surface area contributed by atoms with Gasteiger partial charge in [-0.05, 0) is 38.1 Å². The van der Waals surface area contributed by atoms with Crippen LogP contribution in [0.3, 0.4) is 0 Å². The number of aromatic amines is 1. The maximum Gasteiger partial charge on any atom is 0.280 e. The largest absolute Gasteiger partial charge is 0.506 e. The Morgan fingerprint density at radius 3 is 2.34 bits per heavy atom. The number of nitrogens with zero attached hydrogens (tertiary/aromatic N) is 2. The van der Waals surface area contributed by atoms with Crippen molar-refractivity contribution in [2.45, 2.75) is 20.4 Å². The molecule has 162 valence electrons. The van der Waals surface area contributed by atoms with Crippen LogP contribution in [0.4, 0.5) is 0 Å². The van der Waals surface area contributed by atoms with Gasteiger partial charge in [-0.3, -0.25) is 14.4 Å². The molecule has 2 heterocycles. The third kappa shape index (κ3) is 3.29. The van der Waals surface area contributed by atoms with E-state index in [1.54, 1.807) is 55.5 Å². The molecule has 4 rings (SSSR count). The summed E-state index contributed by atoms with van der Waals surface area (Å²) in [5, 5.41) is 25.8. The number of benzene rings is 2. The van der Waals surface area contributed by atoms with Gasteiger partial charge in [-0.2, -0.15) is 5.10 Å². The summed E-state index contributed by atoms with van der Waals surface area (Å²) >= 11 is 0. The minimum Gasteiger partial charge on any atom is -0.506 e. The monoisotopic (exact) mass is 432 g/mol. The molecule has 9 heteroatoms. The molecule has 0 bridgehead atoms. The van der Waals surface area contributed by atoms with Crippen LogP contribution in [0.2, 0.25) is 0 Å². The van der Waals surface area contributed by atoms with Gasteiger partial charge in [0.15, 0.2) is 0 Å². The third-order valence-corrected chi connectivity index (χ3v) is 5.27. The minimum atomic E-state index is -0.934. The van der Waals surface area contributed by atoms with Crippen molar-refractivity contribution >= 4 is 33.4 Å². The molecular formula is C23H20N4O5. The Morgan fingerprint density at radius 2 is 1.62 bits per heavy atom. The first-order valence-corrected chi connectivity index (χ1v) is 9.88. The van der Waals surface area contributed by atoms with E-state index in [9.17, 15) is 24.6 Å². The van der Waals surface area contributed by atoms with Crippen LogP contribution in [-0.4, -0.2) is 31.4 Å². The van der Waals surface area contributed by atoms with Gasteiger partial charge in [-0.1, -0.05) is 24.3 Å². The van der Waals surface area contributed by atoms with Gasteiger partial charge in [0.2, 0.25) is 0 Å². The van der Waals surface area contributed by atoms with Gasteiger partial charge in [0.1, 0.15) is 22.6 Å². The lowest BCUT2D eigenvalue weighted by atomic mass is 10.1. The Hall–Kier alpha value is -4.40. The van der Waals surface area contributed by atoms with Gasteiger partial charge in [-0.15, -0.1) is 0 Å². The normalized spacial score (nSPS) is 11.8. The predicted octanol–water partition coefficient (Wildman–Crippen LogP) is 2.43. The van der Waals surface area contributed by atoms with E-state index < -0.39 is 28.3 Å². The maximum absolute atomic E-state index is 12.8. The molecule has 1 amide bonds. The number of rotatable bonds is 4. The Balaban J connectivity index is 1.76. The van der Waals surface area contributed by atoms with Gasteiger partial charge < -0.3 is 19.8 Å². The third-order valence-electron chi connectivity index (χ3n) is 5.27. The van der Waals surface area contributed by atoms with E-state index in [1.165, 1.54) is 11.5 Å². The van der Waals surface area contributed by atoms with Crippen molar-refractivity contribution in [2.24, 2.45) is 5.10 Å². The molecule has 0 unspecified atom stereocenters. The summed E-state index contributed by atoms with van der Waals surface area (Å²) in [5.41, 5.74) is 1.37. The lowest BCUT2D eigenvalue weighted by molar-refractivity contribution is 0.0950. The fourth-order valence-electron chi connectivity index (χ4n) is 3.72. The topological polar surface area (TPSA) is 137 Å². The summed E-state index contributed by atoms with van der Waals surface area (Å²) in [6, 6.07) is 13.4. The van der Waals surface area contributed by atoms with Crippen LogP contribution < -0.4 is 16.5 Å². The van der Waals surface area contributed by atoms with Crippen molar-refractivity contribution in [3.05, 3.63) is 80.4 Å². The molecule has 0 fully saturated rings. The Kier molecular flexibility index (Phi) is 5.23. The lowest BCUT2D eigenvalue weighted by Crippen LogP contribution is -2.32. The first-order valence-electron chi connectivity index (χ1n) is 9.88. The number of aromatic hydroxyl groups is 2. The highest BCUT2D eigenvalue weighted by atomic mass is 16.3. The molecule has 0 aliphatic rings. The summed E-state index contributed by atoms with van der Waals surface area (Å²) in [4.78, 5) is 40.7. The number of carbonyl (C=O) groups is 1. The first-order chi connectivity index (χ1) is 15.3. The second kappa shape index (κ2) is 8.03. The van der Waals surface area contributed by atoms with E-state index >= 15 is 0 Å². The lowest BCUT2D eigenvalue weighted by Gasteiger charge is -2.13. The Bertz CT molecular complexity index is 1530. The molecule has 32 heavy (non-hydrogen) atoms. The number of aryl methyl sites for hydroxylation is 1. The quantitative estimate of drug-likeness (QED) is 0.290.